The maximum absolute atomic E-state index is 11.5. The molecule has 0 fully saturated rings. The van der Waals surface area contributed by atoms with Gasteiger partial charge < -0.3 is 9.14 Å². The molecule has 0 aliphatic rings. The fourth-order valence-corrected chi connectivity index (χ4v) is 3.55. The van der Waals surface area contributed by atoms with Gasteiger partial charge >= 0.3 is 6.09 Å². The minimum Gasteiger partial charge on any atom is -0.450 e. The fraction of sp³-hybridized carbons (Fsp3) is 0.174. The average Bonchev–Trinajstić information content (AvgIpc) is 3.09. The first-order chi connectivity index (χ1) is 14.5. The molecule has 0 radical (unpaired) electrons. The molecule has 30 heavy (non-hydrogen) atoms. The number of hydrogen-bond donors (Lipinski definition) is 1. The lowest BCUT2D eigenvalue weighted by Gasteiger charge is -2.10. The van der Waals surface area contributed by atoms with Gasteiger partial charge in [0.15, 0.2) is 0 Å². The number of rotatable bonds is 5. The van der Waals surface area contributed by atoms with Crippen LogP contribution in [0.4, 0.5) is 10.6 Å². The van der Waals surface area contributed by atoms with Crippen molar-refractivity contribution in [3.05, 3.63) is 82.9 Å². The van der Waals surface area contributed by atoms with Crippen molar-refractivity contribution in [2.75, 3.05) is 11.9 Å². The van der Waals surface area contributed by atoms with Crippen molar-refractivity contribution >= 4 is 29.2 Å². The lowest BCUT2D eigenvalue weighted by Crippen LogP contribution is -2.14. The van der Waals surface area contributed by atoms with Crippen LogP contribution < -0.4 is 5.32 Å². The quantitative estimate of drug-likeness (QED) is 0.461. The molecular formula is C23H21ClN4O2. The van der Waals surface area contributed by atoms with Crippen LogP contribution in [0, 0.1) is 6.92 Å². The standard InChI is InChI=1S/C23H21ClN4O2/c1-3-30-23(29)27-21-8-7-16(12-25-21)9-17-10-20(18-5-4-6-19(24)11-18)22-26-15(2)13-28(22)14-17/h4-8,10-14H,3,9H2,1-2H3,(H,25,27,29). The first-order valence-corrected chi connectivity index (χ1v) is 10.0. The van der Waals surface area contributed by atoms with Gasteiger partial charge in [-0.05, 0) is 54.8 Å². The molecule has 6 nitrogen and oxygen atoms in total. The predicted octanol–water partition coefficient (Wildman–Crippen LogP) is 5.52. The summed E-state index contributed by atoms with van der Waals surface area (Å²) in [6.07, 6.45) is 6.02. The fourth-order valence-electron chi connectivity index (χ4n) is 3.36. The van der Waals surface area contributed by atoms with E-state index in [-0.39, 0.29) is 0 Å². The Hall–Kier alpha value is -3.38. The van der Waals surface area contributed by atoms with Gasteiger partial charge in [0.05, 0.1) is 12.3 Å². The summed E-state index contributed by atoms with van der Waals surface area (Å²) in [5.41, 5.74) is 6.03. The Labute approximate surface area is 179 Å². The third kappa shape index (κ3) is 4.44. The molecule has 0 saturated heterocycles. The third-order valence-corrected chi connectivity index (χ3v) is 4.84. The number of carbonyl (C=O) groups is 1. The number of anilines is 1. The van der Waals surface area contributed by atoms with Crippen molar-refractivity contribution in [3.8, 4) is 11.1 Å². The largest absolute Gasteiger partial charge is 0.450 e. The molecule has 0 spiro atoms. The number of amides is 1. The van der Waals surface area contributed by atoms with Crippen LogP contribution >= 0.6 is 11.6 Å². The van der Waals surface area contributed by atoms with Crippen molar-refractivity contribution in [1.82, 2.24) is 14.4 Å². The van der Waals surface area contributed by atoms with Crippen LogP contribution in [0.5, 0.6) is 0 Å². The second kappa shape index (κ2) is 8.55. The zero-order valence-electron chi connectivity index (χ0n) is 16.7. The van der Waals surface area contributed by atoms with Crippen molar-refractivity contribution in [1.29, 1.82) is 0 Å². The number of ether oxygens (including phenoxy) is 1. The van der Waals surface area contributed by atoms with Gasteiger partial charge in [-0.3, -0.25) is 5.32 Å². The van der Waals surface area contributed by atoms with E-state index in [4.69, 9.17) is 16.3 Å². The van der Waals surface area contributed by atoms with Crippen LogP contribution in [-0.4, -0.2) is 27.1 Å². The number of hydrogen-bond acceptors (Lipinski definition) is 4. The monoisotopic (exact) mass is 420 g/mol. The van der Waals surface area contributed by atoms with Gasteiger partial charge in [-0.2, -0.15) is 0 Å². The molecule has 7 heteroatoms. The summed E-state index contributed by atoms with van der Waals surface area (Å²) in [6.45, 7) is 4.05. The maximum atomic E-state index is 11.5. The molecule has 0 unspecified atom stereocenters. The Morgan fingerprint density at radius 2 is 2.03 bits per heavy atom. The zero-order chi connectivity index (χ0) is 21.1. The SMILES string of the molecule is CCOC(=O)Nc1ccc(Cc2cc(-c3cccc(Cl)c3)c3nc(C)cn3c2)cn1. The van der Waals surface area contributed by atoms with Gasteiger partial charge in [0.2, 0.25) is 0 Å². The van der Waals surface area contributed by atoms with Gasteiger partial charge in [-0.1, -0.05) is 29.8 Å². The number of pyridine rings is 2. The van der Waals surface area contributed by atoms with E-state index in [1.54, 1.807) is 19.2 Å². The molecule has 4 rings (SSSR count). The molecule has 0 aliphatic carbocycles. The third-order valence-electron chi connectivity index (χ3n) is 4.60. The molecule has 3 heterocycles. The van der Waals surface area contributed by atoms with E-state index in [9.17, 15) is 4.79 Å². The van der Waals surface area contributed by atoms with Crippen molar-refractivity contribution in [3.63, 3.8) is 0 Å². The van der Waals surface area contributed by atoms with Crippen molar-refractivity contribution < 1.29 is 9.53 Å². The van der Waals surface area contributed by atoms with Gasteiger partial charge in [0.1, 0.15) is 11.5 Å². The number of carbonyl (C=O) groups excluding carboxylic acids is 1. The van der Waals surface area contributed by atoms with Crippen molar-refractivity contribution in [2.24, 2.45) is 0 Å². The van der Waals surface area contributed by atoms with Crippen LogP contribution in [0.1, 0.15) is 23.7 Å². The first-order valence-electron chi connectivity index (χ1n) is 9.64. The molecule has 4 aromatic rings. The molecule has 1 amide bonds. The smallest absolute Gasteiger partial charge is 0.412 e. The summed E-state index contributed by atoms with van der Waals surface area (Å²) >= 11 is 6.22. The minimum absolute atomic E-state index is 0.315. The molecule has 1 aromatic carbocycles. The van der Waals surface area contributed by atoms with Crippen LogP contribution in [0.15, 0.2) is 61.1 Å². The second-order valence-electron chi connectivity index (χ2n) is 6.96. The number of imidazole rings is 1. The van der Waals surface area contributed by atoms with E-state index in [0.717, 1.165) is 33.6 Å². The van der Waals surface area contributed by atoms with Gasteiger partial charge in [-0.15, -0.1) is 0 Å². The maximum Gasteiger partial charge on any atom is 0.412 e. The van der Waals surface area contributed by atoms with Gasteiger partial charge in [0, 0.05) is 35.6 Å². The lowest BCUT2D eigenvalue weighted by atomic mass is 10.0. The zero-order valence-corrected chi connectivity index (χ0v) is 17.5. The summed E-state index contributed by atoms with van der Waals surface area (Å²) in [5, 5.41) is 3.29. The van der Waals surface area contributed by atoms with Gasteiger partial charge in [-0.25, -0.2) is 14.8 Å². The van der Waals surface area contributed by atoms with Gasteiger partial charge in [0.25, 0.3) is 0 Å². The Balaban J connectivity index is 1.64. The highest BCUT2D eigenvalue weighted by atomic mass is 35.5. The highest BCUT2D eigenvalue weighted by Gasteiger charge is 2.11. The van der Waals surface area contributed by atoms with Crippen LogP contribution in [0.2, 0.25) is 5.02 Å². The van der Waals surface area contributed by atoms with Crippen LogP contribution in [0.3, 0.4) is 0 Å². The first kappa shape index (κ1) is 19.9. The summed E-state index contributed by atoms with van der Waals surface area (Å²) in [7, 11) is 0. The number of aryl methyl sites for hydroxylation is 1. The lowest BCUT2D eigenvalue weighted by molar-refractivity contribution is 0.168. The van der Waals surface area contributed by atoms with E-state index in [0.29, 0.717) is 23.9 Å². The second-order valence-corrected chi connectivity index (χ2v) is 7.40. The Kier molecular flexibility index (Phi) is 5.68. The molecule has 1 N–H and O–H groups in total. The highest BCUT2D eigenvalue weighted by molar-refractivity contribution is 6.30. The average molecular weight is 421 g/mol. The number of nitrogens with zero attached hydrogens (tertiary/aromatic N) is 3. The Morgan fingerprint density at radius 3 is 2.77 bits per heavy atom. The summed E-state index contributed by atoms with van der Waals surface area (Å²) in [6, 6.07) is 13.6. The Morgan fingerprint density at radius 1 is 1.17 bits per heavy atom. The van der Waals surface area contributed by atoms with E-state index < -0.39 is 6.09 Å². The summed E-state index contributed by atoms with van der Waals surface area (Å²) in [4.78, 5) is 20.5. The van der Waals surface area contributed by atoms with Crippen LogP contribution in [0.25, 0.3) is 16.8 Å². The summed E-state index contributed by atoms with van der Waals surface area (Å²) < 4.78 is 6.92. The summed E-state index contributed by atoms with van der Waals surface area (Å²) in [5.74, 6) is 0.456. The molecular weight excluding hydrogens is 400 g/mol. The molecule has 3 aromatic heterocycles. The number of halogens is 1. The predicted molar refractivity (Wildman–Crippen MR) is 118 cm³/mol. The van der Waals surface area contributed by atoms with E-state index >= 15 is 0 Å². The highest BCUT2D eigenvalue weighted by Crippen LogP contribution is 2.28. The van der Waals surface area contributed by atoms with E-state index in [1.165, 1.54) is 0 Å². The number of benzene rings is 1. The number of fused-ring (bicyclic) bond motifs is 1. The molecule has 0 bridgehead atoms. The van der Waals surface area contributed by atoms with Crippen LogP contribution in [-0.2, 0) is 11.2 Å². The molecule has 0 saturated carbocycles. The minimum atomic E-state index is -0.509. The topological polar surface area (TPSA) is 68.5 Å². The van der Waals surface area contributed by atoms with E-state index in [1.807, 2.05) is 47.9 Å². The Bertz CT molecular complexity index is 1200. The van der Waals surface area contributed by atoms with E-state index in [2.05, 4.69) is 27.5 Å². The molecule has 0 atom stereocenters. The molecule has 0 aliphatic heterocycles. The number of aromatic nitrogens is 3. The van der Waals surface area contributed by atoms with Crippen molar-refractivity contribution in [2.45, 2.75) is 20.3 Å². The number of nitrogens with one attached hydrogen (secondary N) is 1. The molecule has 152 valence electrons. The normalized spacial score (nSPS) is 10.9.